The Morgan fingerprint density at radius 2 is 1.95 bits per heavy atom. The van der Waals surface area contributed by atoms with E-state index >= 15 is 0 Å². The number of ether oxygens (including phenoxy) is 1. The van der Waals surface area contributed by atoms with Gasteiger partial charge in [0.1, 0.15) is 5.82 Å². The van der Waals surface area contributed by atoms with Crippen LogP contribution in [0.4, 0.5) is 14.5 Å². The summed E-state index contributed by atoms with van der Waals surface area (Å²) in [7, 11) is 1.40. The number of methoxy groups -OCH3 is 1. The molecule has 0 heterocycles. The number of benzene rings is 2. The maximum Gasteiger partial charge on any atom is 0.165 e. The monoisotopic (exact) mass is 283 g/mol. The van der Waals surface area contributed by atoms with Crippen LogP contribution in [0.25, 0.3) is 0 Å². The first-order valence-corrected chi connectivity index (χ1v) is 5.98. The molecule has 0 bridgehead atoms. The Labute approximate surface area is 115 Å². The SMILES string of the molecule is COc1cc(NCc2cc(F)cc(Cl)c2)ccc1F. The van der Waals surface area contributed by atoms with Gasteiger partial charge in [-0.3, -0.25) is 0 Å². The summed E-state index contributed by atoms with van der Waals surface area (Å²) < 4.78 is 31.2. The third kappa shape index (κ3) is 3.58. The zero-order valence-electron chi connectivity index (χ0n) is 10.2. The third-order valence-electron chi connectivity index (χ3n) is 2.57. The largest absolute Gasteiger partial charge is 0.494 e. The molecule has 0 aliphatic heterocycles. The number of hydrogen-bond acceptors (Lipinski definition) is 2. The fourth-order valence-corrected chi connectivity index (χ4v) is 1.93. The molecule has 0 aliphatic rings. The Kier molecular flexibility index (Phi) is 4.22. The van der Waals surface area contributed by atoms with Crippen molar-refractivity contribution in [2.45, 2.75) is 6.54 Å². The zero-order chi connectivity index (χ0) is 13.8. The van der Waals surface area contributed by atoms with Crippen molar-refractivity contribution in [3.8, 4) is 5.75 Å². The molecule has 5 heteroatoms. The summed E-state index contributed by atoms with van der Waals surface area (Å²) >= 11 is 5.76. The van der Waals surface area contributed by atoms with Crippen LogP contribution in [0.2, 0.25) is 5.02 Å². The number of halogens is 3. The first-order valence-electron chi connectivity index (χ1n) is 5.61. The van der Waals surface area contributed by atoms with Gasteiger partial charge < -0.3 is 10.1 Å². The molecule has 0 unspecified atom stereocenters. The molecule has 2 rings (SSSR count). The van der Waals surface area contributed by atoms with Crippen LogP contribution < -0.4 is 10.1 Å². The van der Waals surface area contributed by atoms with Crippen LogP contribution in [0.15, 0.2) is 36.4 Å². The van der Waals surface area contributed by atoms with Gasteiger partial charge in [0, 0.05) is 23.3 Å². The quantitative estimate of drug-likeness (QED) is 0.906. The molecule has 19 heavy (non-hydrogen) atoms. The van der Waals surface area contributed by atoms with E-state index in [2.05, 4.69) is 5.32 Å². The molecule has 0 saturated heterocycles. The summed E-state index contributed by atoms with van der Waals surface area (Å²) in [5, 5.41) is 3.39. The molecule has 0 spiro atoms. The fraction of sp³-hybridized carbons (Fsp3) is 0.143. The Bertz CT molecular complexity index is 569. The molecule has 2 aromatic rings. The van der Waals surface area contributed by atoms with Gasteiger partial charge in [0.25, 0.3) is 0 Å². The smallest absolute Gasteiger partial charge is 0.165 e. The topological polar surface area (TPSA) is 21.3 Å². The van der Waals surface area contributed by atoms with Crippen molar-refractivity contribution in [1.82, 2.24) is 0 Å². The highest BCUT2D eigenvalue weighted by Gasteiger charge is 2.04. The third-order valence-corrected chi connectivity index (χ3v) is 2.79. The first kappa shape index (κ1) is 13.6. The lowest BCUT2D eigenvalue weighted by atomic mass is 10.2. The van der Waals surface area contributed by atoms with Gasteiger partial charge in [-0.2, -0.15) is 0 Å². The van der Waals surface area contributed by atoms with Crippen molar-refractivity contribution < 1.29 is 13.5 Å². The second kappa shape index (κ2) is 5.89. The highest BCUT2D eigenvalue weighted by molar-refractivity contribution is 6.30. The summed E-state index contributed by atoms with van der Waals surface area (Å²) in [6, 6.07) is 8.72. The van der Waals surface area contributed by atoms with Gasteiger partial charge in [0.15, 0.2) is 11.6 Å². The standard InChI is InChI=1S/C14H12ClF2NO/c1-19-14-7-12(2-3-13(14)17)18-8-9-4-10(15)6-11(16)5-9/h2-7,18H,8H2,1H3. The van der Waals surface area contributed by atoms with Crippen molar-refractivity contribution in [2.24, 2.45) is 0 Å². The molecular weight excluding hydrogens is 272 g/mol. The average Bonchev–Trinajstić information content (AvgIpc) is 2.36. The maximum atomic E-state index is 13.2. The van der Waals surface area contributed by atoms with E-state index in [0.717, 1.165) is 0 Å². The summed E-state index contributed by atoms with van der Waals surface area (Å²) in [6.45, 7) is 0.381. The Hall–Kier alpha value is -1.81. The summed E-state index contributed by atoms with van der Waals surface area (Å²) in [6.07, 6.45) is 0. The zero-order valence-corrected chi connectivity index (χ0v) is 11.0. The van der Waals surface area contributed by atoms with Crippen LogP contribution in [0.3, 0.4) is 0 Å². The molecule has 0 radical (unpaired) electrons. The molecule has 0 atom stereocenters. The van der Waals surface area contributed by atoms with Gasteiger partial charge in [0.05, 0.1) is 7.11 Å². The van der Waals surface area contributed by atoms with E-state index in [1.54, 1.807) is 12.1 Å². The minimum atomic E-state index is -0.429. The van der Waals surface area contributed by atoms with Gasteiger partial charge in [-0.25, -0.2) is 8.78 Å². The van der Waals surface area contributed by atoms with Crippen LogP contribution in [0.5, 0.6) is 5.75 Å². The van der Waals surface area contributed by atoms with E-state index in [1.165, 1.54) is 31.4 Å². The summed E-state index contributed by atoms with van der Waals surface area (Å²) in [5.41, 5.74) is 1.38. The molecule has 2 nitrogen and oxygen atoms in total. The Morgan fingerprint density at radius 3 is 2.63 bits per heavy atom. The lowest BCUT2D eigenvalue weighted by molar-refractivity contribution is 0.387. The van der Waals surface area contributed by atoms with E-state index in [4.69, 9.17) is 16.3 Å². The minimum absolute atomic E-state index is 0.155. The first-order chi connectivity index (χ1) is 9.08. The van der Waals surface area contributed by atoms with Crippen molar-refractivity contribution in [3.05, 3.63) is 58.6 Å². The van der Waals surface area contributed by atoms with Crippen molar-refractivity contribution in [2.75, 3.05) is 12.4 Å². The molecule has 100 valence electrons. The summed E-state index contributed by atoms with van der Waals surface area (Å²) in [4.78, 5) is 0. The van der Waals surface area contributed by atoms with Gasteiger partial charge in [-0.05, 0) is 35.9 Å². The van der Waals surface area contributed by atoms with Gasteiger partial charge in [-0.1, -0.05) is 11.6 Å². The second-order valence-electron chi connectivity index (χ2n) is 3.98. The summed E-state index contributed by atoms with van der Waals surface area (Å²) in [5.74, 6) is -0.662. The maximum absolute atomic E-state index is 13.2. The van der Waals surface area contributed by atoms with Gasteiger partial charge in [0.2, 0.25) is 0 Å². The normalized spacial score (nSPS) is 10.3. The van der Waals surface area contributed by atoms with Crippen LogP contribution in [-0.4, -0.2) is 7.11 Å². The van der Waals surface area contributed by atoms with E-state index in [0.29, 0.717) is 22.8 Å². The van der Waals surface area contributed by atoms with E-state index < -0.39 is 5.82 Å². The number of hydrogen-bond donors (Lipinski definition) is 1. The number of rotatable bonds is 4. The van der Waals surface area contributed by atoms with Crippen LogP contribution in [0, 0.1) is 11.6 Å². The Morgan fingerprint density at radius 1 is 1.16 bits per heavy atom. The van der Waals surface area contributed by atoms with E-state index in [-0.39, 0.29) is 11.6 Å². The molecule has 0 amide bonds. The van der Waals surface area contributed by atoms with E-state index in [9.17, 15) is 8.78 Å². The highest BCUT2D eigenvalue weighted by Crippen LogP contribution is 2.22. The predicted octanol–water partition coefficient (Wildman–Crippen LogP) is 4.24. The predicted molar refractivity (Wildman–Crippen MR) is 71.7 cm³/mol. The molecular formula is C14H12ClF2NO. The number of anilines is 1. The molecule has 0 aromatic heterocycles. The fourth-order valence-electron chi connectivity index (χ4n) is 1.69. The lowest BCUT2D eigenvalue weighted by Crippen LogP contribution is -2.00. The van der Waals surface area contributed by atoms with Crippen LogP contribution in [0.1, 0.15) is 5.56 Å². The van der Waals surface area contributed by atoms with Crippen LogP contribution in [-0.2, 0) is 6.54 Å². The van der Waals surface area contributed by atoms with Gasteiger partial charge in [-0.15, -0.1) is 0 Å². The second-order valence-corrected chi connectivity index (χ2v) is 4.42. The van der Waals surface area contributed by atoms with Crippen molar-refractivity contribution in [1.29, 1.82) is 0 Å². The molecule has 0 fully saturated rings. The lowest BCUT2D eigenvalue weighted by Gasteiger charge is -2.09. The molecule has 0 saturated carbocycles. The minimum Gasteiger partial charge on any atom is -0.494 e. The molecule has 1 N–H and O–H groups in total. The van der Waals surface area contributed by atoms with Crippen molar-refractivity contribution in [3.63, 3.8) is 0 Å². The average molecular weight is 284 g/mol. The van der Waals surface area contributed by atoms with E-state index in [1.807, 2.05) is 0 Å². The highest BCUT2D eigenvalue weighted by atomic mass is 35.5. The number of nitrogens with one attached hydrogen (secondary N) is 1. The van der Waals surface area contributed by atoms with Gasteiger partial charge >= 0.3 is 0 Å². The van der Waals surface area contributed by atoms with Crippen LogP contribution >= 0.6 is 11.6 Å². The molecule has 0 aliphatic carbocycles. The van der Waals surface area contributed by atoms with Crippen molar-refractivity contribution >= 4 is 17.3 Å². The Balaban J connectivity index is 2.10. The molecule has 2 aromatic carbocycles.